The number of carboxylic acid groups (broad SMARTS) is 1. The van der Waals surface area contributed by atoms with Gasteiger partial charge in [0.15, 0.2) is 18.2 Å². The number of Topliss-reactive ketones (excluding diaryl/α,β-unsaturated/α-hetero) is 1. The number of aliphatic hydroxyl groups is 4. The molecule has 4 aliphatic carbocycles. The first kappa shape index (κ1) is 26.5. The minimum Gasteiger partial charge on any atom is -0.479 e. The molecule has 13 atom stereocenters. The van der Waals surface area contributed by atoms with Gasteiger partial charge in [0.05, 0.1) is 6.10 Å². The fourth-order valence-electron chi connectivity index (χ4n) is 9.34. The lowest BCUT2D eigenvalue weighted by atomic mass is 9.44. The monoisotopic (exact) mass is 510 g/mol. The molecule has 0 bridgehead atoms. The Morgan fingerprint density at radius 2 is 1.58 bits per heavy atom. The fraction of sp³-hybridized carbons (Fsp3) is 0.926. The first-order valence-corrected chi connectivity index (χ1v) is 13.7. The van der Waals surface area contributed by atoms with Gasteiger partial charge in [-0.2, -0.15) is 0 Å². The van der Waals surface area contributed by atoms with Crippen LogP contribution in [0.2, 0.25) is 0 Å². The summed E-state index contributed by atoms with van der Waals surface area (Å²) in [6.07, 6.45) is 0.700. The van der Waals surface area contributed by atoms with E-state index in [2.05, 4.69) is 13.8 Å². The summed E-state index contributed by atoms with van der Waals surface area (Å²) in [5, 5.41) is 49.3. The number of ether oxygens (including phenoxy) is 2. The summed E-state index contributed by atoms with van der Waals surface area (Å²) in [5.74, 6) is 0.716. The van der Waals surface area contributed by atoms with Crippen molar-refractivity contribution in [1.29, 1.82) is 0 Å². The number of carbonyl (C=O) groups excluding carboxylic acids is 1. The lowest BCUT2D eigenvalue weighted by Crippen LogP contribution is -2.61. The van der Waals surface area contributed by atoms with E-state index in [1.165, 1.54) is 0 Å². The standard InChI is InChI=1S/C27H42O9/c1-26-9-7-14(35-25-22(32)20(30)21(31)23(36-25)24(33)34)11-13(26)3-4-15-16-5-6-18(19(29)12-28)27(16,2)10-8-17(15)26/h13-18,20-23,25,28,30-32H,3-12H2,1-2H3,(H,33,34)/t13-,14+,15+,16-,17-,18-,20?,21-,22?,23?,25-,26+,27+/m1/s1. The van der Waals surface area contributed by atoms with Gasteiger partial charge in [-0.15, -0.1) is 0 Å². The molecule has 5 fully saturated rings. The number of aliphatic carboxylic acids is 1. The number of fused-ring (bicyclic) bond motifs is 5. The van der Waals surface area contributed by atoms with Crippen molar-refractivity contribution >= 4 is 11.8 Å². The molecule has 204 valence electrons. The summed E-state index contributed by atoms with van der Waals surface area (Å²) >= 11 is 0. The molecule has 1 heterocycles. The molecule has 1 aliphatic heterocycles. The van der Waals surface area contributed by atoms with Gasteiger partial charge in [-0.1, -0.05) is 13.8 Å². The van der Waals surface area contributed by atoms with Crippen LogP contribution >= 0.6 is 0 Å². The zero-order valence-electron chi connectivity index (χ0n) is 21.3. The summed E-state index contributed by atoms with van der Waals surface area (Å²) in [5.41, 5.74) is 0.152. The topological polar surface area (TPSA) is 154 Å². The molecule has 5 rings (SSSR count). The van der Waals surface area contributed by atoms with Gasteiger partial charge in [0, 0.05) is 5.92 Å². The second kappa shape index (κ2) is 9.58. The lowest BCUT2D eigenvalue weighted by Gasteiger charge is -2.61. The van der Waals surface area contributed by atoms with Crippen molar-refractivity contribution in [2.45, 2.75) is 108 Å². The van der Waals surface area contributed by atoms with Crippen LogP contribution < -0.4 is 0 Å². The Morgan fingerprint density at radius 1 is 0.889 bits per heavy atom. The number of ketones is 1. The van der Waals surface area contributed by atoms with Crippen LogP contribution in [0, 0.1) is 40.4 Å². The van der Waals surface area contributed by atoms with Crippen molar-refractivity contribution in [1.82, 2.24) is 0 Å². The van der Waals surface area contributed by atoms with Crippen molar-refractivity contribution in [2.24, 2.45) is 40.4 Å². The third-order valence-electron chi connectivity index (χ3n) is 11.3. The lowest BCUT2D eigenvalue weighted by molar-refractivity contribution is -0.309. The second-order valence-corrected chi connectivity index (χ2v) is 12.7. The zero-order chi connectivity index (χ0) is 26.0. The smallest absolute Gasteiger partial charge is 0.335 e. The Kier molecular flexibility index (Phi) is 7.05. The molecule has 4 saturated carbocycles. The van der Waals surface area contributed by atoms with E-state index in [0.717, 1.165) is 57.8 Å². The fourth-order valence-corrected chi connectivity index (χ4v) is 9.34. The highest BCUT2D eigenvalue weighted by molar-refractivity contribution is 5.83. The number of rotatable bonds is 5. The molecule has 0 amide bonds. The number of hydrogen-bond acceptors (Lipinski definition) is 8. The summed E-state index contributed by atoms with van der Waals surface area (Å²) < 4.78 is 11.4. The van der Waals surface area contributed by atoms with Crippen LogP contribution in [0.5, 0.6) is 0 Å². The van der Waals surface area contributed by atoms with E-state index in [-0.39, 0.29) is 35.2 Å². The predicted octanol–water partition coefficient (Wildman–Crippen LogP) is 1.48. The molecular formula is C27H42O9. The average Bonchev–Trinajstić information content (AvgIpc) is 3.21. The van der Waals surface area contributed by atoms with Gasteiger partial charge in [0.25, 0.3) is 0 Å². The van der Waals surface area contributed by atoms with Crippen LogP contribution in [0.4, 0.5) is 0 Å². The number of hydrogen-bond donors (Lipinski definition) is 5. The van der Waals surface area contributed by atoms with Crippen LogP contribution in [0.25, 0.3) is 0 Å². The van der Waals surface area contributed by atoms with Crippen LogP contribution in [-0.4, -0.2) is 80.7 Å². The van der Waals surface area contributed by atoms with Crippen molar-refractivity contribution in [3.8, 4) is 0 Å². The first-order valence-electron chi connectivity index (χ1n) is 13.7. The average molecular weight is 511 g/mol. The first-order chi connectivity index (χ1) is 17.0. The van der Waals surface area contributed by atoms with E-state index in [4.69, 9.17) is 9.47 Å². The number of aliphatic hydroxyl groups excluding tert-OH is 4. The van der Waals surface area contributed by atoms with Gasteiger partial charge in [0.1, 0.15) is 24.9 Å². The molecule has 5 aliphatic rings. The summed E-state index contributed by atoms with van der Waals surface area (Å²) in [4.78, 5) is 23.9. The second-order valence-electron chi connectivity index (χ2n) is 12.7. The summed E-state index contributed by atoms with van der Waals surface area (Å²) in [6, 6.07) is 0. The van der Waals surface area contributed by atoms with Crippen LogP contribution in [-0.2, 0) is 19.1 Å². The highest BCUT2D eigenvalue weighted by atomic mass is 16.7. The number of carboxylic acids is 1. The molecule has 0 aromatic heterocycles. The van der Waals surface area contributed by atoms with Crippen molar-refractivity contribution in [3.05, 3.63) is 0 Å². The van der Waals surface area contributed by atoms with E-state index in [1.807, 2.05) is 0 Å². The van der Waals surface area contributed by atoms with Gasteiger partial charge in [-0.3, -0.25) is 4.79 Å². The van der Waals surface area contributed by atoms with E-state index in [1.54, 1.807) is 0 Å². The van der Waals surface area contributed by atoms with E-state index in [9.17, 15) is 35.1 Å². The molecular weight excluding hydrogens is 468 g/mol. The third kappa shape index (κ3) is 4.05. The predicted molar refractivity (Wildman–Crippen MR) is 127 cm³/mol. The minimum absolute atomic E-state index is 0.00546. The maximum absolute atomic E-state index is 12.5. The molecule has 0 spiro atoms. The highest BCUT2D eigenvalue weighted by Crippen LogP contribution is 2.67. The van der Waals surface area contributed by atoms with Gasteiger partial charge >= 0.3 is 5.97 Å². The van der Waals surface area contributed by atoms with E-state index in [0.29, 0.717) is 23.7 Å². The third-order valence-corrected chi connectivity index (χ3v) is 11.3. The molecule has 1 saturated heterocycles. The maximum Gasteiger partial charge on any atom is 0.335 e. The van der Waals surface area contributed by atoms with Crippen molar-refractivity contribution < 1.29 is 44.6 Å². The molecule has 5 N–H and O–H groups in total. The van der Waals surface area contributed by atoms with Crippen molar-refractivity contribution in [2.75, 3.05) is 6.61 Å². The van der Waals surface area contributed by atoms with Gasteiger partial charge in [0.2, 0.25) is 0 Å². The minimum atomic E-state index is -1.72. The quantitative estimate of drug-likeness (QED) is 0.346. The largest absolute Gasteiger partial charge is 0.479 e. The van der Waals surface area contributed by atoms with E-state index >= 15 is 0 Å². The van der Waals surface area contributed by atoms with E-state index < -0.39 is 36.7 Å². The Bertz CT molecular complexity index is 864. The van der Waals surface area contributed by atoms with Crippen molar-refractivity contribution in [3.63, 3.8) is 0 Å². The molecule has 9 heteroatoms. The van der Waals surface area contributed by atoms with Crippen LogP contribution in [0.1, 0.15) is 71.6 Å². The molecule has 9 nitrogen and oxygen atoms in total. The highest BCUT2D eigenvalue weighted by Gasteiger charge is 2.61. The SMILES string of the molecule is C[C@]12CC[C@H](O[C@@H]3OC(C(=O)O)[C@H](O)C(O)C3O)C[C@H]1CC[C@@H]1[C@H]2CC[C@]2(C)[C@@H](C(=O)CO)CC[C@H]12. The molecule has 3 unspecified atom stereocenters. The van der Waals surface area contributed by atoms with Crippen LogP contribution in [0.15, 0.2) is 0 Å². The molecule has 0 aromatic carbocycles. The zero-order valence-corrected chi connectivity index (χ0v) is 21.3. The van der Waals surface area contributed by atoms with Gasteiger partial charge < -0.3 is 35.0 Å². The molecule has 36 heavy (non-hydrogen) atoms. The number of carbonyl (C=O) groups is 2. The summed E-state index contributed by atoms with van der Waals surface area (Å²) in [6.45, 7) is 4.33. The Labute approximate surface area is 212 Å². The van der Waals surface area contributed by atoms with Gasteiger partial charge in [-0.25, -0.2) is 4.79 Å². The Balaban J connectivity index is 1.26. The maximum atomic E-state index is 12.5. The van der Waals surface area contributed by atoms with Gasteiger partial charge in [-0.05, 0) is 92.3 Å². The Morgan fingerprint density at radius 3 is 2.28 bits per heavy atom. The molecule has 0 radical (unpaired) electrons. The summed E-state index contributed by atoms with van der Waals surface area (Å²) in [7, 11) is 0. The Hall–Kier alpha value is -1.10. The van der Waals surface area contributed by atoms with Crippen LogP contribution in [0.3, 0.4) is 0 Å². The molecule has 0 aromatic rings. The normalized spacial score (nSPS) is 52.7.